The molecule has 1 N–H and O–H groups in total. The van der Waals surface area contributed by atoms with E-state index in [1.807, 2.05) is 0 Å². The molecule has 1 saturated carbocycles. The van der Waals surface area contributed by atoms with Gasteiger partial charge in [-0.2, -0.15) is 0 Å². The normalized spacial score (nSPS) is 18.1. The number of hydrogen-bond acceptors (Lipinski definition) is 4. The number of ether oxygens (including phenoxy) is 1. The quantitative estimate of drug-likeness (QED) is 0.535. The number of nitrogens with zero attached hydrogens (tertiary/aromatic N) is 2. The van der Waals surface area contributed by atoms with Crippen LogP contribution in [0.25, 0.3) is 0 Å². The zero-order valence-electron chi connectivity index (χ0n) is 19.7. The molecule has 9 heteroatoms. The summed E-state index contributed by atoms with van der Waals surface area (Å²) in [5.74, 6) is -4.13. The second-order valence-electron chi connectivity index (χ2n) is 8.92. The minimum absolute atomic E-state index is 0.128. The first-order valence-corrected chi connectivity index (χ1v) is 12.0. The number of anilines is 1. The molecular weight excluding hydrogens is 471 g/mol. The van der Waals surface area contributed by atoms with Crippen LogP contribution in [0.3, 0.4) is 0 Å². The van der Waals surface area contributed by atoms with Crippen molar-refractivity contribution < 1.29 is 27.5 Å². The number of nitrogens with one attached hydrogen (secondary N) is 1. The Morgan fingerprint density at radius 1 is 1.08 bits per heavy atom. The molecule has 0 spiro atoms. The highest BCUT2D eigenvalue weighted by atomic mass is 19.3. The molecule has 36 heavy (non-hydrogen) atoms. The van der Waals surface area contributed by atoms with Crippen LogP contribution >= 0.6 is 0 Å². The van der Waals surface area contributed by atoms with Gasteiger partial charge < -0.3 is 10.1 Å². The maximum absolute atomic E-state index is 14.2. The lowest BCUT2D eigenvalue weighted by Crippen LogP contribution is -2.49. The summed E-state index contributed by atoms with van der Waals surface area (Å²) in [6.07, 6.45) is 4.59. The molecule has 2 aromatic rings. The summed E-state index contributed by atoms with van der Waals surface area (Å²) in [6.45, 7) is -0.425. The van der Waals surface area contributed by atoms with E-state index in [2.05, 4.69) is 10.3 Å². The van der Waals surface area contributed by atoms with Crippen LogP contribution in [0.4, 0.5) is 18.9 Å². The Hall–Kier alpha value is -3.62. The monoisotopic (exact) mass is 499 g/mol. The van der Waals surface area contributed by atoms with Gasteiger partial charge in [-0.05, 0) is 55.5 Å². The van der Waals surface area contributed by atoms with Gasteiger partial charge in [0.15, 0.2) is 6.61 Å². The van der Waals surface area contributed by atoms with Crippen molar-refractivity contribution in [1.29, 1.82) is 0 Å². The Bertz CT molecular complexity index is 1130. The molecule has 1 heterocycles. The van der Waals surface area contributed by atoms with Crippen LogP contribution < -0.4 is 10.2 Å². The number of rotatable bonds is 8. The van der Waals surface area contributed by atoms with Crippen LogP contribution in [0.15, 0.2) is 71.5 Å². The lowest BCUT2D eigenvalue weighted by atomic mass is 9.91. The zero-order valence-corrected chi connectivity index (χ0v) is 19.7. The second-order valence-corrected chi connectivity index (χ2v) is 8.92. The molecule has 2 amide bonds. The van der Waals surface area contributed by atoms with Gasteiger partial charge in [-0.15, -0.1) is 0 Å². The van der Waals surface area contributed by atoms with Gasteiger partial charge in [0.25, 0.3) is 5.91 Å². The molecule has 0 radical (unpaired) electrons. The number of halogens is 3. The molecule has 0 bridgehead atoms. The Balaban J connectivity index is 1.64. The fourth-order valence-corrected chi connectivity index (χ4v) is 4.37. The van der Waals surface area contributed by atoms with Crippen molar-refractivity contribution in [3.63, 3.8) is 0 Å². The Morgan fingerprint density at radius 2 is 1.83 bits per heavy atom. The Morgan fingerprint density at radius 3 is 2.50 bits per heavy atom. The first-order chi connectivity index (χ1) is 17.3. The largest absolute Gasteiger partial charge is 0.468 e. The van der Waals surface area contributed by atoms with E-state index in [-0.39, 0.29) is 31.4 Å². The highest BCUT2D eigenvalue weighted by Gasteiger charge is 2.38. The van der Waals surface area contributed by atoms with Crippen molar-refractivity contribution >= 4 is 23.7 Å². The van der Waals surface area contributed by atoms with E-state index in [1.54, 1.807) is 42.6 Å². The van der Waals surface area contributed by atoms with Crippen LogP contribution in [0.5, 0.6) is 0 Å². The molecule has 2 aliphatic rings. The van der Waals surface area contributed by atoms with E-state index in [0.717, 1.165) is 12.8 Å². The summed E-state index contributed by atoms with van der Waals surface area (Å²) >= 11 is 0. The van der Waals surface area contributed by atoms with E-state index in [9.17, 15) is 22.8 Å². The van der Waals surface area contributed by atoms with Crippen molar-refractivity contribution in [3.8, 4) is 0 Å². The minimum atomic E-state index is -2.74. The van der Waals surface area contributed by atoms with Crippen molar-refractivity contribution in [2.45, 2.75) is 56.5 Å². The third-order valence-corrected chi connectivity index (χ3v) is 6.22. The zero-order chi connectivity index (χ0) is 25.5. The summed E-state index contributed by atoms with van der Waals surface area (Å²) in [5, 5.41) is 2.84. The SMILES string of the molecule is O=C(NC1CCC(F)(F)CC1)C(c1ccccc1)N(C(=O)COC1=CCCC=N1)c1cccc(F)c1. The molecule has 0 aromatic heterocycles. The molecule has 1 aliphatic heterocycles. The predicted molar refractivity (Wildman–Crippen MR) is 130 cm³/mol. The van der Waals surface area contributed by atoms with Crippen molar-refractivity contribution in [3.05, 3.63) is 77.9 Å². The maximum atomic E-state index is 14.2. The lowest BCUT2D eigenvalue weighted by molar-refractivity contribution is -0.129. The molecule has 1 fully saturated rings. The Kier molecular flexibility index (Phi) is 8.07. The van der Waals surface area contributed by atoms with Gasteiger partial charge in [-0.1, -0.05) is 36.4 Å². The van der Waals surface area contributed by atoms with Crippen LogP contribution in [-0.2, 0) is 14.3 Å². The average Bonchev–Trinajstić information content (AvgIpc) is 2.88. The van der Waals surface area contributed by atoms with Gasteiger partial charge in [0.05, 0.1) is 0 Å². The predicted octanol–water partition coefficient (Wildman–Crippen LogP) is 5.32. The van der Waals surface area contributed by atoms with Gasteiger partial charge in [0.1, 0.15) is 11.9 Å². The Labute approximate surface area is 207 Å². The fraction of sp³-hybridized carbons (Fsp3) is 0.370. The fourth-order valence-electron chi connectivity index (χ4n) is 4.37. The summed E-state index contributed by atoms with van der Waals surface area (Å²) in [4.78, 5) is 32.4. The smallest absolute Gasteiger partial charge is 0.265 e. The molecule has 190 valence electrons. The summed E-state index contributed by atoms with van der Waals surface area (Å²) in [6, 6.07) is 12.4. The number of amides is 2. The molecule has 1 aliphatic carbocycles. The average molecular weight is 500 g/mol. The summed E-state index contributed by atoms with van der Waals surface area (Å²) < 4.78 is 47.1. The summed E-state index contributed by atoms with van der Waals surface area (Å²) in [7, 11) is 0. The van der Waals surface area contributed by atoms with E-state index >= 15 is 0 Å². The van der Waals surface area contributed by atoms with Gasteiger partial charge in [0.2, 0.25) is 17.7 Å². The number of benzene rings is 2. The number of alkyl halides is 2. The second kappa shape index (κ2) is 11.4. The standard InChI is InChI=1S/C27H28F3N3O3/c28-20-9-6-10-22(17-20)33(24(34)18-36-23-11-4-5-16-31-23)25(19-7-2-1-3-8-19)26(35)32-21-12-14-27(29,30)15-13-21/h1-3,6-11,16-17,21,25H,4-5,12-15,18H2,(H,32,35). The summed E-state index contributed by atoms with van der Waals surface area (Å²) in [5.41, 5.74) is 0.660. The highest BCUT2D eigenvalue weighted by Crippen LogP contribution is 2.34. The number of carbonyl (C=O) groups is 2. The number of hydrogen-bond donors (Lipinski definition) is 1. The number of aliphatic imine (C=N–C) groups is 1. The van der Waals surface area contributed by atoms with Gasteiger partial charge in [-0.25, -0.2) is 18.2 Å². The first-order valence-electron chi connectivity index (χ1n) is 12.0. The van der Waals surface area contributed by atoms with Gasteiger partial charge in [-0.3, -0.25) is 14.5 Å². The molecule has 4 rings (SSSR count). The first kappa shape index (κ1) is 25.5. The minimum Gasteiger partial charge on any atom is -0.468 e. The van der Waals surface area contributed by atoms with Gasteiger partial charge in [0, 0.05) is 30.8 Å². The van der Waals surface area contributed by atoms with Crippen molar-refractivity contribution in [1.82, 2.24) is 5.32 Å². The van der Waals surface area contributed by atoms with Crippen molar-refractivity contribution in [2.75, 3.05) is 11.5 Å². The molecule has 6 nitrogen and oxygen atoms in total. The maximum Gasteiger partial charge on any atom is 0.265 e. The molecule has 1 atom stereocenters. The molecule has 1 unspecified atom stereocenters. The van der Waals surface area contributed by atoms with Crippen LogP contribution in [0.1, 0.15) is 50.1 Å². The number of carbonyl (C=O) groups excluding carboxylic acids is 2. The van der Waals surface area contributed by atoms with E-state index in [1.165, 1.54) is 29.2 Å². The molecular formula is C27H28F3N3O3. The lowest BCUT2D eigenvalue weighted by Gasteiger charge is -2.34. The number of allylic oxidation sites excluding steroid dienone is 1. The molecule has 0 saturated heterocycles. The van der Waals surface area contributed by atoms with Crippen LogP contribution in [-0.4, -0.2) is 36.6 Å². The third-order valence-electron chi connectivity index (χ3n) is 6.22. The van der Waals surface area contributed by atoms with Crippen LogP contribution in [0, 0.1) is 5.82 Å². The van der Waals surface area contributed by atoms with E-state index in [0.29, 0.717) is 11.4 Å². The highest BCUT2D eigenvalue weighted by molar-refractivity contribution is 6.02. The molecule has 2 aromatic carbocycles. The third kappa shape index (κ3) is 6.53. The van der Waals surface area contributed by atoms with E-state index in [4.69, 9.17) is 4.74 Å². The van der Waals surface area contributed by atoms with Crippen molar-refractivity contribution in [2.24, 2.45) is 4.99 Å². The van der Waals surface area contributed by atoms with Gasteiger partial charge >= 0.3 is 0 Å². The van der Waals surface area contributed by atoms with E-state index < -0.39 is 42.2 Å². The van der Waals surface area contributed by atoms with Crippen LogP contribution in [0.2, 0.25) is 0 Å². The topological polar surface area (TPSA) is 71.0 Å².